The Bertz CT molecular complexity index is 421. The molecule has 0 bridgehead atoms. The van der Waals surface area contributed by atoms with Crippen LogP contribution in [-0.2, 0) is 0 Å². The van der Waals surface area contributed by atoms with E-state index in [1.165, 1.54) is 18.4 Å². The van der Waals surface area contributed by atoms with Crippen molar-refractivity contribution in [3.8, 4) is 5.75 Å². The van der Waals surface area contributed by atoms with Gasteiger partial charge in [-0.15, -0.1) is 0 Å². The van der Waals surface area contributed by atoms with Crippen LogP contribution in [0.5, 0.6) is 5.75 Å². The maximum Gasteiger partial charge on any atom is 0.133 e. The maximum atomic E-state index is 5.25. The van der Waals surface area contributed by atoms with Crippen molar-refractivity contribution in [1.82, 2.24) is 10.2 Å². The minimum atomic E-state index is 0.356. The Hall–Kier alpha value is -0.580. The van der Waals surface area contributed by atoms with E-state index in [9.17, 15) is 0 Å². The Morgan fingerprint density at radius 1 is 1.47 bits per heavy atom. The number of methoxy groups -OCH3 is 1. The number of hydrogen-bond donors (Lipinski definition) is 1. The lowest BCUT2D eigenvalue weighted by molar-refractivity contribution is 0.316. The van der Waals surface area contributed by atoms with Gasteiger partial charge in [-0.25, -0.2) is 0 Å². The lowest BCUT2D eigenvalue weighted by Gasteiger charge is -2.19. The molecule has 1 N–H and O–H groups in total. The van der Waals surface area contributed by atoms with E-state index in [1.54, 1.807) is 7.11 Å². The second-order valence-corrected chi connectivity index (χ2v) is 6.14. The number of halogens is 1. The van der Waals surface area contributed by atoms with Crippen molar-refractivity contribution in [3.05, 3.63) is 28.2 Å². The van der Waals surface area contributed by atoms with E-state index in [1.807, 2.05) is 6.07 Å². The summed E-state index contributed by atoms with van der Waals surface area (Å²) in [5.41, 5.74) is 1.28. The summed E-state index contributed by atoms with van der Waals surface area (Å²) in [6.07, 6.45) is 2.75. The van der Waals surface area contributed by atoms with E-state index in [4.69, 9.17) is 4.74 Å². The molecule has 0 amide bonds. The molecule has 3 nitrogen and oxygen atoms in total. The van der Waals surface area contributed by atoms with Gasteiger partial charge in [0.05, 0.1) is 11.6 Å². The molecule has 0 aromatic heterocycles. The van der Waals surface area contributed by atoms with Crippen LogP contribution in [0.4, 0.5) is 0 Å². The zero-order valence-corrected chi connectivity index (χ0v) is 13.5. The Labute approximate surface area is 124 Å². The Morgan fingerprint density at radius 2 is 2.21 bits per heavy atom. The number of rotatable bonds is 7. The second-order valence-electron chi connectivity index (χ2n) is 5.28. The van der Waals surface area contributed by atoms with Gasteiger partial charge >= 0.3 is 0 Å². The first kappa shape index (κ1) is 14.8. The standard InChI is InChI=1S/C15H23BrN2O/c1-11(17-8-9-18(2)13-5-6-13)12-4-7-15(19-3)14(16)10-12/h4,7,10-11,13,17H,5-6,8-9H2,1-3H3. The van der Waals surface area contributed by atoms with E-state index >= 15 is 0 Å². The summed E-state index contributed by atoms with van der Waals surface area (Å²) in [6.45, 7) is 4.34. The van der Waals surface area contributed by atoms with Crippen molar-refractivity contribution in [1.29, 1.82) is 0 Å². The predicted molar refractivity (Wildman–Crippen MR) is 82.8 cm³/mol. The molecule has 0 spiro atoms. The first-order chi connectivity index (χ1) is 9.11. The molecule has 19 heavy (non-hydrogen) atoms. The van der Waals surface area contributed by atoms with E-state index < -0.39 is 0 Å². The third kappa shape index (κ3) is 4.20. The number of hydrogen-bond acceptors (Lipinski definition) is 3. The highest BCUT2D eigenvalue weighted by Crippen LogP contribution is 2.28. The molecule has 4 heteroatoms. The van der Waals surface area contributed by atoms with Gasteiger partial charge in [-0.05, 0) is 60.4 Å². The van der Waals surface area contributed by atoms with Gasteiger partial charge in [-0.3, -0.25) is 0 Å². The quantitative estimate of drug-likeness (QED) is 0.832. The van der Waals surface area contributed by atoms with Crippen molar-refractivity contribution in [2.75, 3.05) is 27.2 Å². The van der Waals surface area contributed by atoms with Crippen LogP contribution in [0.3, 0.4) is 0 Å². The number of likely N-dealkylation sites (N-methyl/N-ethyl adjacent to an activating group) is 1. The third-order valence-corrected chi connectivity index (χ3v) is 4.38. The Balaban J connectivity index is 1.81. The Morgan fingerprint density at radius 3 is 2.79 bits per heavy atom. The summed E-state index contributed by atoms with van der Waals surface area (Å²) >= 11 is 3.53. The van der Waals surface area contributed by atoms with Crippen LogP contribution in [0.15, 0.2) is 22.7 Å². The van der Waals surface area contributed by atoms with Gasteiger partial charge in [0, 0.05) is 25.2 Å². The Kier molecular flexibility index (Phi) is 5.25. The summed E-state index contributed by atoms with van der Waals surface area (Å²) in [5.74, 6) is 0.879. The molecule has 1 atom stereocenters. The normalized spacial score (nSPS) is 16.7. The van der Waals surface area contributed by atoms with Crippen molar-refractivity contribution in [2.45, 2.75) is 31.8 Å². The highest BCUT2D eigenvalue weighted by Gasteiger charge is 2.25. The lowest BCUT2D eigenvalue weighted by atomic mass is 10.1. The summed E-state index contributed by atoms with van der Waals surface area (Å²) in [4.78, 5) is 2.45. The van der Waals surface area contributed by atoms with E-state index in [2.05, 4.69) is 52.3 Å². The fourth-order valence-corrected chi connectivity index (χ4v) is 2.78. The van der Waals surface area contributed by atoms with Gasteiger partial charge in [-0.1, -0.05) is 6.07 Å². The molecule has 0 aliphatic heterocycles. The highest BCUT2D eigenvalue weighted by atomic mass is 79.9. The van der Waals surface area contributed by atoms with Crippen LogP contribution in [-0.4, -0.2) is 38.2 Å². The van der Waals surface area contributed by atoms with Crippen LogP contribution in [0.2, 0.25) is 0 Å². The molecule has 1 fully saturated rings. The van der Waals surface area contributed by atoms with Gasteiger partial charge in [0.1, 0.15) is 5.75 Å². The zero-order valence-electron chi connectivity index (χ0n) is 11.9. The van der Waals surface area contributed by atoms with Crippen molar-refractivity contribution in [3.63, 3.8) is 0 Å². The van der Waals surface area contributed by atoms with E-state index in [-0.39, 0.29) is 0 Å². The first-order valence-corrected chi connectivity index (χ1v) is 7.68. The minimum absolute atomic E-state index is 0.356. The molecule has 2 rings (SSSR count). The topological polar surface area (TPSA) is 24.5 Å². The second kappa shape index (κ2) is 6.73. The largest absolute Gasteiger partial charge is 0.496 e. The van der Waals surface area contributed by atoms with Crippen LogP contribution < -0.4 is 10.1 Å². The number of ether oxygens (including phenoxy) is 1. The number of nitrogens with one attached hydrogen (secondary N) is 1. The predicted octanol–water partition coefficient (Wildman–Crippen LogP) is 3.20. The number of nitrogens with zero attached hydrogens (tertiary/aromatic N) is 1. The molecule has 1 aliphatic rings. The van der Waals surface area contributed by atoms with E-state index in [0.29, 0.717) is 6.04 Å². The fourth-order valence-electron chi connectivity index (χ4n) is 2.23. The molecule has 1 aromatic rings. The number of benzene rings is 1. The fraction of sp³-hybridized carbons (Fsp3) is 0.600. The van der Waals surface area contributed by atoms with E-state index in [0.717, 1.165) is 29.4 Å². The molecule has 1 aliphatic carbocycles. The summed E-state index contributed by atoms with van der Waals surface area (Å²) < 4.78 is 6.26. The van der Waals surface area contributed by atoms with Crippen LogP contribution in [0.25, 0.3) is 0 Å². The zero-order chi connectivity index (χ0) is 13.8. The molecule has 0 heterocycles. The molecule has 0 saturated heterocycles. The summed E-state index contributed by atoms with van der Waals surface area (Å²) in [5, 5.41) is 3.57. The van der Waals surface area contributed by atoms with Gasteiger partial charge in [0.25, 0.3) is 0 Å². The first-order valence-electron chi connectivity index (χ1n) is 6.89. The maximum absolute atomic E-state index is 5.25. The molecular formula is C15H23BrN2O. The molecule has 1 unspecified atom stereocenters. The SMILES string of the molecule is COc1ccc(C(C)NCCN(C)C2CC2)cc1Br. The van der Waals surface area contributed by atoms with Crippen molar-refractivity contribution >= 4 is 15.9 Å². The van der Waals surface area contributed by atoms with Gasteiger partial charge in [0.15, 0.2) is 0 Å². The highest BCUT2D eigenvalue weighted by molar-refractivity contribution is 9.10. The van der Waals surface area contributed by atoms with Gasteiger partial charge in [0.2, 0.25) is 0 Å². The molecule has 1 saturated carbocycles. The van der Waals surface area contributed by atoms with Crippen LogP contribution >= 0.6 is 15.9 Å². The molecule has 1 aromatic carbocycles. The molecule has 106 valence electrons. The van der Waals surface area contributed by atoms with Crippen LogP contribution in [0, 0.1) is 0 Å². The van der Waals surface area contributed by atoms with Crippen LogP contribution in [0.1, 0.15) is 31.4 Å². The summed E-state index contributed by atoms with van der Waals surface area (Å²) in [7, 11) is 3.91. The molecular weight excluding hydrogens is 304 g/mol. The molecule has 0 radical (unpaired) electrons. The van der Waals surface area contributed by atoms with Gasteiger partial charge in [-0.2, -0.15) is 0 Å². The smallest absolute Gasteiger partial charge is 0.133 e. The lowest BCUT2D eigenvalue weighted by Crippen LogP contribution is -2.31. The minimum Gasteiger partial charge on any atom is -0.496 e. The average molecular weight is 327 g/mol. The van der Waals surface area contributed by atoms with Crippen molar-refractivity contribution in [2.24, 2.45) is 0 Å². The average Bonchev–Trinajstić information content (AvgIpc) is 3.22. The monoisotopic (exact) mass is 326 g/mol. The summed E-state index contributed by atoms with van der Waals surface area (Å²) in [6, 6.07) is 7.45. The van der Waals surface area contributed by atoms with Crippen molar-refractivity contribution < 1.29 is 4.74 Å². The van der Waals surface area contributed by atoms with Gasteiger partial charge < -0.3 is 15.0 Å². The third-order valence-electron chi connectivity index (χ3n) is 3.76.